The topological polar surface area (TPSA) is 77.8 Å². The van der Waals surface area contributed by atoms with Crippen molar-refractivity contribution in [2.45, 2.75) is 70.4 Å². The lowest BCUT2D eigenvalue weighted by atomic mass is 9.89. The fourth-order valence-electron chi connectivity index (χ4n) is 5.44. The number of nitrogens with zero attached hydrogens (tertiary/aromatic N) is 1. The molecule has 40 heavy (non-hydrogen) atoms. The van der Waals surface area contributed by atoms with Crippen LogP contribution in [0.5, 0.6) is 5.75 Å². The number of rotatable bonds is 16. The van der Waals surface area contributed by atoms with Gasteiger partial charge in [0.1, 0.15) is 5.75 Å². The summed E-state index contributed by atoms with van der Waals surface area (Å²) in [6, 6.07) is 16.2. The fraction of sp³-hybridized carbons (Fsp3) is 0.548. The second kappa shape index (κ2) is 15.6. The van der Waals surface area contributed by atoms with E-state index in [4.69, 9.17) is 0 Å². The van der Waals surface area contributed by atoms with E-state index in [0.717, 1.165) is 51.4 Å². The number of aromatic hydroxyl groups is 1. The van der Waals surface area contributed by atoms with Crippen LogP contribution in [0, 0.1) is 0 Å². The number of hydrogen-bond acceptors (Lipinski definition) is 5. The second-order valence-corrected chi connectivity index (χ2v) is 12.9. The molecule has 2 aromatic carbocycles. The first kappa shape index (κ1) is 32.2. The highest BCUT2D eigenvalue weighted by molar-refractivity contribution is 7.91. The summed E-state index contributed by atoms with van der Waals surface area (Å²) < 4.78 is 60.9. The van der Waals surface area contributed by atoms with Crippen molar-refractivity contribution in [1.82, 2.24) is 4.90 Å². The molecule has 222 valence electrons. The molecule has 0 fully saturated rings. The third kappa shape index (κ3) is 10.9. The van der Waals surface area contributed by atoms with Gasteiger partial charge in [-0.05, 0) is 98.0 Å². The van der Waals surface area contributed by atoms with Crippen LogP contribution in [0.3, 0.4) is 0 Å². The molecule has 0 aliphatic heterocycles. The van der Waals surface area contributed by atoms with Gasteiger partial charge in [0.05, 0.1) is 24.5 Å². The van der Waals surface area contributed by atoms with Crippen molar-refractivity contribution < 1.29 is 31.8 Å². The number of alkyl halides is 3. The Labute approximate surface area is 236 Å². The molecule has 0 heterocycles. The van der Waals surface area contributed by atoms with Crippen LogP contribution in [-0.2, 0) is 16.3 Å². The summed E-state index contributed by atoms with van der Waals surface area (Å²) in [6.45, 7) is 1.51. The van der Waals surface area contributed by atoms with Crippen LogP contribution < -0.4 is 0 Å². The van der Waals surface area contributed by atoms with E-state index in [-0.39, 0.29) is 18.8 Å². The van der Waals surface area contributed by atoms with Gasteiger partial charge in [-0.2, -0.15) is 13.2 Å². The summed E-state index contributed by atoms with van der Waals surface area (Å²) in [4.78, 5) is 1.99. The van der Waals surface area contributed by atoms with Crippen LogP contribution >= 0.6 is 0 Å². The first-order chi connectivity index (χ1) is 19.1. The molecule has 0 amide bonds. The zero-order valence-corrected chi connectivity index (χ0v) is 23.9. The first-order valence-corrected chi connectivity index (χ1v) is 16.1. The number of allylic oxidation sites excluding steroid dienone is 2. The van der Waals surface area contributed by atoms with E-state index in [1.165, 1.54) is 27.8 Å². The summed E-state index contributed by atoms with van der Waals surface area (Å²) >= 11 is 0. The summed E-state index contributed by atoms with van der Waals surface area (Å²) in [6.07, 6.45) is 2.31. The Morgan fingerprint density at radius 3 is 2.30 bits per heavy atom. The predicted molar refractivity (Wildman–Crippen MR) is 155 cm³/mol. The number of benzene rings is 2. The molecule has 5 nitrogen and oxygen atoms in total. The zero-order valence-electron chi connectivity index (χ0n) is 23.1. The van der Waals surface area contributed by atoms with Crippen LogP contribution in [-0.4, -0.2) is 67.5 Å². The van der Waals surface area contributed by atoms with Crippen LogP contribution in [0.25, 0.3) is 11.1 Å². The summed E-state index contributed by atoms with van der Waals surface area (Å²) in [5.74, 6) is -0.846. The number of halogens is 3. The highest BCUT2D eigenvalue weighted by atomic mass is 32.2. The molecule has 1 aliphatic rings. The van der Waals surface area contributed by atoms with E-state index in [2.05, 4.69) is 24.3 Å². The van der Waals surface area contributed by atoms with Gasteiger partial charge in [0, 0.05) is 6.54 Å². The standard InChI is InChI=1S/C31H42F3NO4S/c32-31(33,34)17-23-40(38,39)22-9-19-35(20-21-36)18-7-2-1-6-13-30-28(25-10-4-3-5-11-25)14-8-12-26-24-27(37)15-16-29(26)30/h3-5,10-11,15-16,24,36-37H,1-2,6-9,12-14,17-23H2. The average Bonchev–Trinajstić information content (AvgIpc) is 3.08. The van der Waals surface area contributed by atoms with E-state index < -0.39 is 28.2 Å². The molecule has 2 aromatic rings. The maximum atomic E-state index is 12.4. The molecule has 0 bridgehead atoms. The lowest BCUT2D eigenvalue weighted by Gasteiger charge is -2.21. The Bertz CT molecular complexity index is 1200. The quantitative estimate of drug-likeness (QED) is 0.217. The molecular formula is C31H42F3NO4S. The van der Waals surface area contributed by atoms with E-state index in [1.54, 1.807) is 6.07 Å². The lowest BCUT2D eigenvalue weighted by Crippen LogP contribution is -2.30. The van der Waals surface area contributed by atoms with Gasteiger partial charge in [0.25, 0.3) is 0 Å². The van der Waals surface area contributed by atoms with Crippen LogP contribution in [0.2, 0.25) is 0 Å². The van der Waals surface area contributed by atoms with Gasteiger partial charge in [0.2, 0.25) is 0 Å². The highest BCUT2D eigenvalue weighted by Gasteiger charge is 2.29. The van der Waals surface area contributed by atoms with Crippen molar-refractivity contribution in [3.8, 4) is 5.75 Å². The molecular weight excluding hydrogens is 539 g/mol. The minimum absolute atomic E-state index is 0.0494. The molecule has 2 N–H and O–H groups in total. The van der Waals surface area contributed by atoms with E-state index in [1.807, 2.05) is 23.1 Å². The Balaban J connectivity index is 1.50. The van der Waals surface area contributed by atoms with Crippen molar-refractivity contribution in [2.24, 2.45) is 0 Å². The van der Waals surface area contributed by atoms with Gasteiger partial charge >= 0.3 is 6.18 Å². The van der Waals surface area contributed by atoms with Crippen molar-refractivity contribution >= 4 is 21.0 Å². The number of aryl methyl sites for hydroxylation is 1. The number of fused-ring (bicyclic) bond motifs is 1. The third-order valence-corrected chi connectivity index (χ3v) is 9.20. The van der Waals surface area contributed by atoms with Gasteiger partial charge in [-0.1, -0.05) is 49.2 Å². The fourth-order valence-corrected chi connectivity index (χ4v) is 6.76. The van der Waals surface area contributed by atoms with Gasteiger partial charge < -0.3 is 15.1 Å². The van der Waals surface area contributed by atoms with E-state index >= 15 is 0 Å². The summed E-state index contributed by atoms with van der Waals surface area (Å²) in [5.41, 5.74) is 6.41. The first-order valence-electron chi connectivity index (χ1n) is 14.3. The molecule has 0 unspecified atom stereocenters. The monoisotopic (exact) mass is 581 g/mol. The number of aliphatic hydroxyl groups is 1. The SMILES string of the molecule is O=S(=O)(CCCN(CCO)CCCCCCC1=C(c2ccccc2)CCCc2cc(O)ccc21)CCC(F)(F)F. The molecule has 1 aliphatic carbocycles. The highest BCUT2D eigenvalue weighted by Crippen LogP contribution is 2.39. The molecule has 0 saturated heterocycles. The van der Waals surface area contributed by atoms with E-state index in [0.29, 0.717) is 25.4 Å². The number of unbranched alkanes of at least 4 members (excludes halogenated alkanes) is 3. The number of phenols is 1. The maximum Gasteiger partial charge on any atom is 0.390 e. The molecule has 0 atom stereocenters. The number of hydrogen-bond donors (Lipinski definition) is 2. The average molecular weight is 582 g/mol. The normalized spacial score (nSPS) is 14.4. The summed E-state index contributed by atoms with van der Waals surface area (Å²) in [7, 11) is -3.75. The zero-order chi connectivity index (χ0) is 29.0. The molecule has 0 aromatic heterocycles. The van der Waals surface area contributed by atoms with E-state index in [9.17, 15) is 31.8 Å². The molecule has 0 spiro atoms. The Kier molecular flexibility index (Phi) is 12.5. The molecule has 0 radical (unpaired) electrons. The summed E-state index contributed by atoms with van der Waals surface area (Å²) in [5, 5.41) is 19.4. The second-order valence-electron chi connectivity index (χ2n) is 10.6. The lowest BCUT2D eigenvalue weighted by molar-refractivity contribution is -0.129. The van der Waals surface area contributed by atoms with Crippen LogP contribution in [0.4, 0.5) is 13.2 Å². The largest absolute Gasteiger partial charge is 0.508 e. The Morgan fingerprint density at radius 2 is 1.57 bits per heavy atom. The van der Waals surface area contributed by atoms with Crippen LogP contribution in [0.1, 0.15) is 74.5 Å². The van der Waals surface area contributed by atoms with Gasteiger partial charge in [-0.3, -0.25) is 0 Å². The minimum atomic E-state index is -4.47. The van der Waals surface area contributed by atoms with Crippen LogP contribution in [0.15, 0.2) is 48.5 Å². The Morgan fingerprint density at radius 1 is 0.850 bits per heavy atom. The molecule has 9 heteroatoms. The van der Waals surface area contributed by atoms with Gasteiger partial charge in [0.15, 0.2) is 9.84 Å². The predicted octanol–water partition coefficient (Wildman–Crippen LogP) is 6.64. The van der Waals surface area contributed by atoms with Gasteiger partial charge in [-0.15, -0.1) is 0 Å². The Hall–Kier alpha value is -2.36. The van der Waals surface area contributed by atoms with Crippen molar-refractivity contribution in [1.29, 1.82) is 0 Å². The number of aliphatic hydroxyl groups excluding tert-OH is 1. The van der Waals surface area contributed by atoms with Crippen molar-refractivity contribution in [2.75, 3.05) is 37.7 Å². The number of sulfone groups is 1. The maximum absolute atomic E-state index is 12.4. The molecule has 0 saturated carbocycles. The number of phenolic OH excluding ortho intramolecular Hbond substituents is 1. The van der Waals surface area contributed by atoms with Crippen molar-refractivity contribution in [3.63, 3.8) is 0 Å². The minimum Gasteiger partial charge on any atom is -0.508 e. The third-order valence-electron chi connectivity index (χ3n) is 7.47. The molecule has 3 rings (SSSR count). The van der Waals surface area contributed by atoms with Crippen molar-refractivity contribution in [3.05, 3.63) is 65.2 Å². The van der Waals surface area contributed by atoms with Gasteiger partial charge in [-0.25, -0.2) is 8.42 Å². The smallest absolute Gasteiger partial charge is 0.390 e.